The summed E-state index contributed by atoms with van der Waals surface area (Å²) in [4.78, 5) is 14.5. The zero-order chi connectivity index (χ0) is 14.2. The van der Waals surface area contributed by atoms with Crippen molar-refractivity contribution in [2.24, 2.45) is 0 Å². The van der Waals surface area contributed by atoms with Crippen molar-refractivity contribution in [3.05, 3.63) is 64.2 Å². The topological polar surface area (TPSA) is 82.7 Å². The van der Waals surface area contributed by atoms with Crippen molar-refractivity contribution in [2.75, 3.05) is 5.43 Å². The second kappa shape index (κ2) is 7.08. The first kappa shape index (κ1) is 13.8. The summed E-state index contributed by atoms with van der Waals surface area (Å²) in [5, 5.41) is 7.87. The smallest absolute Gasteiger partial charge is 0.274 e. The largest absolute Gasteiger partial charge is 0.306 e. The Kier molecular flexibility index (Phi) is 4.88. The zero-order valence-corrected chi connectivity index (χ0v) is 11.3. The van der Waals surface area contributed by atoms with Crippen LogP contribution < -0.4 is 16.4 Å². The van der Waals surface area contributed by atoms with Crippen LogP contribution in [0.3, 0.4) is 0 Å². The fourth-order valence-corrected chi connectivity index (χ4v) is 1.61. The van der Waals surface area contributed by atoms with Gasteiger partial charge in [0.15, 0.2) is 0 Å². The van der Waals surface area contributed by atoms with Gasteiger partial charge in [0.25, 0.3) is 5.56 Å². The summed E-state index contributed by atoms with van der Waals surface area (Å²) in [5.74, 6) is 0.285. The molecule has 1 aromatic carbocycles. The average molecular weight is 271 g/mol. The van der Waals surface area contributed by atoms with Gasteiger partial charge in [0, 0.05) is 12.6 Å². The van der Waals surface area contributed by atoms with Crippen LogP contribution in [0.15, 0.2) is 47.4 Å². The van der Waals surface area contributed by atoms with Crippen molar-refractivity contribution in [1.82, 2.24) is 20.6 Å². The van der Waals surface area contributed by atoms with Gasteiger partial charge >= 0.3 is 0 Å². The number of benzene rings is 1. The summed E-state index contributed by atoms with van der Waals surface area (Å²) in [5.41, 5.74) is 6.72. The van der Waals surface area contributed by atoms with Crippen LogP contribution in [0.25, 0.3) is 0 Å². The number of hydrogen-bond acceptors (Lipinski definition) is 5. The van der Waals surface area contributed by atoms with Gasteiger partial charge in [0.2, 0.25) is 5.95 Å². The zero-order valence-electron chi connectivity index (χ0n) is 11.3. The molecule has 20 heavy (non-hydrogen) atoms. The molecule has 1 aromatic heterocycles. The van der Waals surface area contributed by atoms with Crippen LogP contribution >= 0.6 is 0 Å². The van der Waals surface area contributed by atoms with E-state index in [-0.39, 0.29) is 11.5 Å². The Morgan fingerprint density at radius 1 is 1.25 bits per heavy atom. The van der Waals surface area contributed by atoms with Crippen molar-refractivity contribution in [2.45, 2.75) is 19.8 Å². The molecule has 2 aromatic rings. The minimum Gasteiger partial charge on any atom is -0.306 e. The highest BCUT2D eigenvalue weighted by molar-refractivity contribution is 5.23. The molecule has 0 spiro atoms. The molecule has 0 atom stereocenters. The first-order valence-corrected chi connectivity index (χ1v) is 6.46. The first-order valence-electron chi connectivity index (χ1n) is 6.46. The summed E-state index contributed by atoms with van der Waals surface area (Å²) >= 11 is 0. The highest BCUT2D eigenvalue weighted by Gasteiger charge is 2.05. The predicted molar refractivity (Wildman–Crippen MR) is 78.1 cm³/mol. The van der Waals surface area contributed by atoms with Gasteiger partial charge in [-0.05, 0) is 12.0 Å². The third-order valence-electron chi connectivity index (χ3n) is 2.61. The van der Waals surface area contributed by atoms with Crippen molar-refractivity contribution in [3.63, 3.8) is 0 Å². The molecule has 6 heteroatoms. The predicted octanol–water partition coefficient (Wildman–Crippen LogP) is 1.60. The van der Waals surface area contributed by atoms with Gasteiger partial charge in [-0.3, -0.25) is 15.2 Å². The molecule has 3 N–H and O–H groups in total. The van der Waals surface area contributed by atoms with Crippen molar-refractivity contribution < 1.29 is 0 Å². The van der Waals surface area contributed by atoms with Gasteiger partial charge in [0.05, 0.1) is 0 Å². The summed E-state index contributed by atoms with van der Waals surface area (Å²) < 4.78 is 0. The van der Waals surface area contributed by atoms with Crippen LogP contribution in [0.4, 0.5) is 5.95 Å². The normalized spacial score (nSPS) is 10.7. The lowest BCUT2D eigenvalue weighted by Gasteiger charge is -2.04. The number of H-pyrrole nitrogens is 1. The number of nitrogens with one attached hydrogen (secondary N) is 3. The molecule has 0 unspecified atom stereocenters. The standard InChI is InChI=1S/C14H17N5O/c1-2-3-9-15-18-14-16-13(20)12(17-19-14)10-11-7-5-4-6-8-11/h3-9,15H,2,10H2,1H3,(H2,16,18,19,20). The maximum Gasteiger partial charge on any atom is 0.274 e. The van der Waals surface area contributed by atoms with Crippen LogP contribution in [0.5, 0.6) is 0 Å². The molecule has 1 heterocycles. The number of nitrogens with zero attached hydrogens (tertiary/aromatic N) is 2. The highest BCUT2D eigenvalue weighted by atomic mass is 16.1. The molecule has 6 nitrogen and oxygen atoms in total. The lowest BCUT2D eigenvalue weighted by molar-refractivity contribution is 0.847. The van der Waals surface area contributed by atoms with Gasteiger partial charge in [-0.2, -0.15) is 0 Å². The molecule has 0 radical (unpaired) electrons. The number of anilines is 1. The van der Waals surface area contributed by atoms with Crippen LogP contribution in [0, 0.1) is 0 Å². The number of rotatable bonds is 6. The van der Waals surface area contributed by atoms with Gasteiger partial charge in [-0.15, -0.1) is 10.2 Å². The van der Waals surface area contributed by atoms with Crippen LogP contribution in [0.1, 0.15) is 24.6 Å². The fraction of sp³-hybridized carbons (Fsp3) is 0.214. The second-order valence-electron chi connectivity index (χ2n) is 4.19. The molecule has 0 aliphatic carbocycles. The molecule has 0 bridgehead atoms. The Morgan fingerprint density at radius 3 is 2.75 bits per heavy atom. The van der Waals surface area contributed by atoms with E-state index in [9.17, 15) is 4.79 Å². The number of hydrogen-bond donors (Lipinski definition) is 3. The monoisotopic (exact) mass is 271 g/mol. The molecule has 0 aliphatic rings. The van der Waals surface area contributed by atoms with E-state index < -0.39 is 0 Å². The summed E-state index contributed by atoms with van der Waals surface area (Å²) in [7, 11) is 0. The Balaban J connectivity index is 2.03. The average Bonchev–Trinajstić information content (AvgIpc) is 2.47. The number of aromatic nitrogens is 3. The van der Waals surface area contributed by atoms with Gasteiger partial charge in [-0.25, -0.2) is 0 Å². The summed E-state index contributed by atoms with van der Waals surface area (Å²) in [6.45, 7) is 2.03. The maximum absolute atomic E-state index is 11.9. The molecule has 0 fully saturated rings. The Hall–Kier alpha value is -2.63. The molecule has 2 rings (SSSR count). The van der Waals surface area contributed by atoms with Crippen LogP contribution in [0.2, 0.25) is 0 Å². The quantitative estimate of drug-likeness (QED) is 0.695. The van der Waals surface area contributed by atoms with E-state index in [1.807, 2.05) is 43.3 Å². The van der Waals surface area contributed by atoms with Crippen LogP contribution in [-0.2, 0) is 6.42 Å². The van der Waals surface area contributed by atoms with Gasteiger partial charge in [-0.1, -0.05) is 43.3 Å². The lowest BCUT2D eigenvalue weighted by atomic mass is 10.1. The van der Waals surface area contributed by atoms with E-state index >= 15 is 0 Å². The Labute approximate surface area is 116 Å². The molecule has 104 valence electrons. The fourth-order valence-electron chi connectivity index (χ4n) is 1.61. The third-order valence-corrected chi connectivity index (χ3v) is 2.61. The number of aromatic amines is 1. The van der Waals surface area contributed by atoms with Crippen molar-refractivity contribution in [3.8, 4) is 0 Å². The van der Waals surface area contributed by atoms with E-state index in [1.54, 1.807) is 6.20 Å². The minimum absolute atomic E-state index is 0.243. The van der Waals surface area contributed by atoms with E-state index in [4.69, 9.17) is 0 Å². The number of allylic oxidation sites excluding steroid dienone is 1. The molecular formula is C14H17N5O. The van der Waals surface area contributed by atoms with Crippen molar-refractivity contribution in [1.29, 1.82) is 0 Å². The third kappa shape index (κ3) is 3.94. The SMILES string of the molecule is CCC=CNNc1nnc(Cc2ccccc2)c(=O)[nH]1. The van der Waals surface area contributed by atoms with E-state index in [2.05, 4.69) is 26.0 Å². The van der Waals surface area contributed by atoms with Gasteiger partial charge < -0.3 is 5.43 Å². The lowest BCUT2D eigenvalue weighted by Crippen LogP contribution is -2.23. The second-order valence-corrected chi connectivity index (χ2v) is 4.19. The van der Waals surface area contributed by atoms with E-state index in [0.717, 1.165) is 12.0 Å². The van der Waals surface area contributed by atoms with Gasteiger partial charge in [0.1, 0.15) is 5.69 Å². The summed E-state index contributed by atoms with van der Waals surface area (Å²) in [6, 6.07) is 9.68. The minimum atomic E-state index is -0.243. The molecule has 0 amide bonds. The first-order chi connectivity index (χ1) is 9.79. The Morgan fingerprint density at radius 2 is 2.05 bits per heavy atom. The molecule has 0 saturated heterocycles. The molecule has 0 aliphatic heterocycles. The van der Waals surface area contributed by atoms with Crippen LogP contribution in [-0.4, -0.2) is 15.2 Å². The summed E-state index contributed by atoms with van der Waals surface area (Å²) in [6.07, 6.45) is 5.06. The molecular weight excluding hydrogens is 254 g/mol. The highest BCUT2D eigenvalue weighted by Crippen LogP contribution is 2.03. The molecule has 0 saturated carbocycles. The van der Waals surface area contributed by atoms with E-state index in [0.29, 0.717) is 12.1 Å². The maximum atomic E-state index is 11.9. The number of hydrazine groups is 1. The Bertz CT molecular complexity index is 621. The van der Waals surface area contributed by atoms with Crippen molar-refractivity contribution >= 4 is 5.95 Å². The van der Waals surface area contributed by atoms with E-state index in [1.165, 1.54) is 0 Å².